The molecule has 0 fully saturated rings. The predicted molar refractivity (Wildman–Crippen MR) is 98.3 cm³/mol. The molecule has 2 aliphatic rings. The van der Waals surface area contributed by atoms with Gasteiger partial charge in [0.2, 0.25) is 5.91 Å². The van der Waals surface area contributed by atoms with Crippen molar-refractivity contribution < 1.29 is 14.0 Å². The third-order valence-corrected chi connectivity index (χ3v) is 5.28. The van der Waals surface area contributed by atoms with E-state index in [2.05, 4.69) is 0 Å². The first-order valence-electron chi connectivity index (χ1n) is 8.96. The van der Waals surface area contributed by atoms with E-state index in [1.54, 1.807) is 17.0 Å². The summed E-state index contributed by atoms with van der Waals surface area (Å²) < 4.78 is 13.7. The SMILES string of the molecule is Cc1ccccc1N1C(=O)CC(c2cccc(F)c2)C2=C1CCCC2=O. The first-order valence-corrected chi connectivity index (χ1v) is 8.96. The van der Waals surface area contributed by atoms with Gasteiger partial charge in [0.15, 0.2) is 5.78 Å². The summed E-state index contributed by atoms with van der Waals surface area (Å²) in [5.41, 5.74) is 4.00. The second-order valence-electron chi connectivity index (χ2n) is 6.96. The fourth-order valence-electron chi connectivity index (χ4n) is 4.09. The van der Waals surface area contributed by atoms with Crippen molar-refractivity contribution >= 4 is 17.4 Å². The summed E-state index contributed by atoms with van der Waals surface area (Å²) in [6.07, 6.45) is 2.10. The highest BCUT2D eigenvalue weighted by atomic mass is 19.1. The Hall–Kier alpha value is -2.75. The molecule has 0 spiro atoms. The highest BCUT2D eigenvalue weighted by Crippen LogP contribution is 2.43. The van der Waals surface area contributed by atoms with Crippen molar-refractivity contribution in [1.82, 2.24) is 0 Å². The van der Waals surface area contributed by atoms with Crippen LogP contribution >= 0.6 is 0 Å². The highest BCUT2D eigenvalue weighted by Gasteiger charge is 2.40. The summed E-state index contributed by atoms with van der Waals surface area (Å²) in [6.45, 7) is 1.96. The van der Waals surface area contributed by atoms with Crippen LogP contribution in [0.5, 0.6) is 0 Å². The minimum Gasteiger partial charge on any atom is -0.294 e. The molecule has 4 rings (SSSR count). The second-order valence-corrected chi connectivity index (χ2v) is 6.96. The minimum absolute atomic E-state index is 0.0398. The number of para-hydroxylation sites is 1. The maximum atomic E-state index is 13.7. The van der Waals surface area contributed by atoms with Gasteiger partial charge in [0.1, 0.15) is 5.82 Å². The zero-order valence-electron chi connectivity index (χ0n) is 14.7. The lowest BCUT2D eigenvalue weighted by Gasteiger charge is -2.39. The van der Waals surface area contributed by atoms with Gasteiger partial charge in [-0.2, -0.15) is 0 Å². The van der Waals surface area contributed by atoms with Crippen LogP contribution in [0.4, 0.5) is 10.1 Å². The van der Waals surface area contributed by atoms with Crippen LogP contribution in [0.15, 0.2) is 59.8 Å². The number of benzene rings is 2. The lowest BCUT2D eigenvalue weighted by Crippen LogP contribution is -2.40. The minimum atomic E-state index is -0.360. The normalized spacial score (nSPS) is 20.4. The van der Waals surface area contributed by atoms with E-state index >= 15 is 0 Å². The third kappa shape index (κ3) is 2.75. The fraction of sp³-hybridized carbons (Fsp3) is 0.273. The van der Waals surface area contributed by atoms with Crippen LogP contribution in [-0.4, -0.2) is 11.7 Å². The van der Waals surface area contributed by atoms with Crippen LogP contribution < -0.4 is 4.90 Å². The summed E-state index contributed by atoms with van der Waals surface area (Å²) in [6, 6.07) is 14.0. The van der Waals surface area contributed by atoms with Crippen LogP contribution in [-0.2, 0) is 9.59 Å². The van der Waals surface area contributed by atoms with E-state index in [0.717, 1.165) is 23.4 Å². The van der Waals surface area contributed by atoms with E-state index in [1.165, 1.54) is 12.1 Å². The number of carbonyl (C=O) groups excluding carboxylic acids is 2. The van der Waals surface area contributed by atoms with Gasteiger partial charge in [0.25, 0.3) is 0 Å². The monoisotopic (exact) mass is 349 g/mol. The quantitative estimate of drug-likeness (QED) is 0.791. The number of Topliss-reactive ketones (excluding diaryl/α,β-unsaturated/α-hetero) is 1. The molecule has 0 saturated carbocycles. The molecular formula is C22H20FNO2. The zero-order valence-corrected chi connectivity index (χ0v) is 14.7. The molecule has 2 aromatic rings. The number of anilines is 1. The smallest absolute Gasteiger partial charge is 0.232 e. The predicted octanol–water partition coefficient (Wildman–Crippen LogP) is 4.66. The van der Waals surface area contributed by atoms with Gasteiger partial charge in [-0.3, -0.25) is 14.5 Å². The number of nitrogens with zero attached hydrogens (tertiary/aromatic N) is 1. The summed E-state index contributed by atoms with van der Waals surface area (Å²) in [4.78, 5) is 27.6. The molecule has 1 atom stereocenters. The summed E-state index contributed by atoms with van der Waals surface area (Å²) >= 11 is 0. The molecule has 1 aliphatic heterocycles. The Labute approximate surface area is 152 Å². The highest BCUT2D eigenvalue weighted by molar-refractivity contribution is 6.07. The topological polar surface area (TPSA) is 37.4 Å². The lowest BCUT2D eigenvalue weighted by molar-refractivity contribution is -0.119. The zero-order chi connectivity index (χ0) is 18.3. The molecule has 132 valence electrons. The molecular weight excluding hydrogens is 329 g/mol. The van der Waals surface area contributed by atoms with Gasteiger partial charge in [0, 0.05) is 30.0 Å². The van der Waals surface area contributed by atoms with Crippen molar-refractivity contribution in [2.75, 3.05) is 4.90 Å². The number of halogens is 1. The van der Waals surface area contributed by atoms with Gasteiger partial charge in [-0.1, -0.05) is 30.3 Å². The molecule has 26 heavy (non-hydrogen) atoms. The maximum Gasteiger partial charge on any atom is 0.232 e. The van der Waals surface area contributed by atoms with E-state index in [-0.39, 0.29) is 29.8 Å². The van der Waals surface area contributed by atoms with E-state index < -0.39 is 0 Å². The van der Waals surface area contributed by atoms with Crippen LogP contribution in [0.25, 0.3) is 0 Å². The van der Waals surface area contributed by atoms with E-state index in [4.69, 9.17) is 0 Å². The number of amides is 1. The van der Waals surface area contributed by atoms with E-state index in [0.29, 0.717) is 24.0 Å². The number of ketones is 1. The average Bonchev–Trinajstić information content (AvgIpc) is 2.62. The molecule has 0 saturated heterocycles. The maximum absolute atomic E-state index is 13.7. The molecule has 4 heteroatoms. The molecule has 1 aliphatic carbocycles. The standard InChI is InChI=1S/C22H20FNO2/c1-14-6-2-3-9-18(14)24-19-10-5-11-20(25)22(19)17(13-21(24)26)15-7-4-8-16(23)12-15/h2-4,6-9,12,17H,5,10-11,13H2,1H3. The van der Waals surface area contributed by atoms with Gasteiger partial charge < -0.3 is 0 Å². The Balaban J connectivity index is 1.89. The summed E-state index contributed by atoms with van der Waals surface area (Å²) in [7, 11) is 0. The van der Waals surface area contributed by atoms with Crippen LogP contribution in [0.3, 0.4) is 0 Å². The van der Waals surface area contributed by atoms with Gasteiger partial charge in [-0.25, -0.2) is 4.39 Å². The molecule has 2 aromatic carbocycles. The first kappa shape index (κ1) is 16.7. The van der Waals surface area contributed by atoms with Crippen molar-refractivity contribution in [1.29, 1.82) is 0 Å². The third-order valence-electron chi connectivity index (χ3n) is 5.28. The molecule has 1 heterocycles. The molecule has 1 amide bonds. The summed E-state index contributed by atoms with van der Waals surface area (Å²) in [5.74, 6) is -0.670. The average molecular weight is 349 g/mol. The van der Waals surface area contributed by atoms with E-state index in [1.807, 2.05) is 31.2 Å². The Morgan fingerprint density at radius 1 is 1.04 bits per heavy atom. The first-order chi connectivity index (χ1) is 12.6. The number of carbonyl (C=O) groups is 2. The second kappa shape index (κ2) is 6.52. The molecule has 1 unspecified atom stereocenters. The molecule has 0 N–H and O–H groups in total. The van der Waals surface area contributed by atoms with Crippen molar-refractivity contribution in [3.63, 3.8) is 0 Å². The Bertz CT molecular complexity index is 931. The number of hydrogen-bond donors (Lipinski definition) is 0. The van der Waals surface area contributed by atoms with E-state index in [9.17, 15) is 14.0 Å². The Morgan fingerprint density at radius 2 is 1.85 bits per heavy atom. The molecule has 3 nitrogen and oxygen atoms in total. The number of aryl methyl sites for hydroxylation is 1. The van der Waals surface area contributed by atoms with Crippen molar-refractivity contribution in [3.05, 3.63) is 76.7 Å². The van der Waals surface area contributed by atoms with Crippen LogP contribution in [0.1, 0.15) is 42.7 Å². The van der Waals surface area contributed by atoms with Gasteiger partial charge in [0.05, 0.1) is 5.69 Å². The lowest BCUT2D eigenvalue weighted by atomic mass is 9.77. The van der Waals surface area contributed by atoms with Crippen molar-refractivity contribution in [2.24, 2.45) is 0 Å². The van der Waals surface area contributed by atoms with Gasteiger partial charge in [-0.15, -0.1) is 0 Å². The number of rotatable bonds is 2. The number of allylic oxidation sites excluding steroid dienone is 2. The van der Waals surface area contributed by atoms with Gasteiger partial charge in [-0.05, 0) is 49.1 Å². The molecule has 0 bridgehead atoms. The Morgan fingerprint density at radius 3 is 2.62 bits per heavy atom. The van der Waals surface area contributed by atoms with Crippen LogP contribution in [0, 0.1) is 12.7 Å². The molecule has 0 aromatic heterocycles. The van der Waals surface area contributed by atoms with Crippen molar-refractivity contribution in [2.45, 2.75) is 38.5 Å². The van der Waals surface area contributed by atoms with Gasteiger partial charge >= 0.3 is 0 Å². The van der Waals surface area contributed by atoms with Crippen LogP contribution in [0.2, 0.25) is 0 Å². The van der Waals surface area contributed by atoms with Crippen molar-refractivity contribution in [3.8, 4) is 0 Å². The molecule has 0 radical (unpaired) electrons. The fourth-order valence-corrected chi connectivity index (χ4v) is 4.09. The summed E-state index contributed by atoms with van der Waals surface area (Å²) in [5, 5.41) is 0. The Kier molecular flexibility index (Phi) is 4.19. The number of hydrogen-bond acceptors (Lipinski definition) is 2. The largest absolute Gasteiger partial charge is 0.294 e.